The summed E-state index contributed by atoms with van der Waals surface area (Å²) in [6.07, 6.45) is 18.4. The van der Waals surface area contributed by atoms with Crippen LogP contribution in [-0.2, 0) is 0 Å². The summed E-state index contributed by atoms with van der Waals surface area (Å²) in [7, 11) is 0. The van der Waals surface area contributed by atoms with Gasteiger partial charge in [-0.05, 0) is 32.6 Å². The van der Waals surface area contributed by atoms with Gasteiger partial charge in [-0.2, -0.15) is 0 Å². The Bertz CT molecular complexity index is 242. The Labute approximate surface area is 126 Å². The van der Waals surface area contributed by atoms with Crippen LogP contribution >= 0.6 is 0 Å². The molecule has 0 aromatic heterocycles. The van der Waals surface area contributed by atoms with Gasteiger partial charge in [0, 0.05) is 24.7 Å². The maximum absolute atomic E-state index is 6.13. The molecule has 0 spiro atoms. The summed E-state index contributed by atoms with van der Waals surface area (Å²) < 4.78 is 0. The number of nitrogens with zero attached hydrogens (tertiary/aromatic N) is 1. The van der Waals surface area contributed by atoms with E-state index in [1.165, 1.54) is 90.0 Å². The van der Waals surface area contributed by atoms with E-state index in [0.29, 0.717) is 12.1 Å². The summed E-state index contributed by atoms with van der Waals surface area (Å²) in [5, 5.41) is 0. The van der Waals surface area contributed by atoms with Gasteiger partial charge in [-0.3, -0.25) is 4.90 Å². The molecule has 2 atom stereocenters. The normalized spacial score (nSPS) is 33.3. The first-order chi connectivity index (χ1) is 9.77. The van der Waals surface area contributed by atoms with Crippen molar-refractivity contribution in [3.05, 3.63) is 0 Å². The minimum absolute atomic E-state index is 0.451. The molecular formula is C18H36N2. The van der Waals surface area contributed by atoms with Gasteiger partial charge in [0.15, 0.2) is 0 Å². The van der Waals surface area contributed by atoms with Crippen LogP contribution in [0.15, 0.2) is 0 Å². The predicted molar refractivity (Wildman–Crippen MR) is 88.0 cm³/mol. The van der Waals surface area contributed by atoms with Crippen molar-refractivity contribution in [2.24, 2.45) is 5.73 Å². The maximum Gasteiger partial charge on any atom is 0.00980 e. The van der Waals surface area contributed by atoms with Gasteiger partial charge in [0.25, 0.3) is 0 Å². The highest BCUT2D eigenvalue weighted by molar-refractivity contribution is 4.85. The SMILES string of the molecule is CC1CC(N)CCN1C1CCCCCCCCCCC1. The van der Waals surface area contributed by atoms with Crippen LogP contribution < -0.4 is 5.73 Å². The van der Waals surface area contributed by atoms with Crippen molar-refractivity contribution in [3.8, 4) is 0 Å². The van der Waals surface area contributed by atoms with Gasteiger partial charge in [0.2, 0.25) is 0 Å². The molecule has 1 saturated heterocycles. The summed E-state index contributed by atoms with van der Waals surface area (Å²) in [4.78, 5) is 2.80. The van der Waals surface area contributed by atoms with Gasteiger partial charge < -0.3 is 5.73 Å². The quantitative estimate of drug-likeness (QED) is 0.768. The Morgan fingerprint density at radius 3 is 1.75 bits per heavy atom. The first kappa shape index (κ1) is 16.3. The second-order valence-corrected chi connectivity index (χ2v) is 7.28. The highest BCUT2D eigenvalue weighted by atomic mass is 15.2. The van der Waals surface area contributed by atoms with Crippen LogP contribution in [-0.4, -0.2) is 29.6 Å². The molecule has 1 aliphatic carbocycles. The van der Waals surface area contributed by atoms with E-state index in [9.17, 15) is 0 Å². The molecule has 1 heterocycles. The number of hydrogen-bond donors (Lipinski definition) is 1. The van der Waals surface area contributed by atoms with Gasteiger partial charge >= 0.3 is 0 Å². The first-order valence-electron chi connectivity index (χ1n) is 9.28. The van der Waals surface area contributed by atoms with Crippen LogP contribution in [0.4, 0.5) is 0 Å². The average molecular weight is 280 g/mol. The molecule has 0 aromatic carbocycles. The van der Waals surface area contributed by atoms with Crippen molar-refractivity contribution >= 4 is 0 Å². The lowest BCUT2D eigenvalue weighted by Crippen LogP contribution is -2.50. The highest BCUT2D eigenvalue weighted by Gasteiger charge is 2.28. The fraction of sp³-hybridized carbons (Fsp3) is 1.00. The van der Waals surface area contributed by atoms with Gasteiger partial charge in [-0.25, -0.2) is 0 Å². The first-order valence-corrected chi connectivity index (χ1v) is 9.28. The summed E-state index contributed by atoms with van der Waals surface area (Å²) in [6.45, 7) is 3.64. The van der Waals surface area contributed by atoms with E-state index in [4.69, 9.17) is 5.73 Å². The van der Waals surface area contributed by atoms with Crippen molar-refractivity contribution in [1.29, 1.82) is 0 Å². The molecule has 2 rings (SSSR count). The maximum atomic E-state index is 6.13. The van der Waals surface area contributed by atoms with Crippen LogP contribution in [0.3, 0.4) is 0 Å². The molecule has 1 saturated carbocycles. The molecule has 0 radical (unpaired) electrons. The molecular weight excluding hydrogens is 244 g/mol. The molecule has 20 heavy (non-hydrogen) atoms. The van der Waals surface area contributed by atoms with E-state index in [0.717, 1.165) is 6.04 Å². The standard InChI is InChI=1S/C18H36N2/c1-16-15-17(19)13-14-20(16)18-11-9-7-5-3-2-4-6-8-10-12-18/h16-18H,2-15,19H2,1H3. The Morgan fingerprint density at radius 1 is 0.750 bits per heavy atom. The summed E-state index contributed by atoms with van der Waals surface area (Å²) in [5.41, 5.74) is 6.13. The van der Waals surface area contributed by atoms with E-state index in [1.54, 1.807) is 0 Å². The van der Waals surface area contributed by atoms with Crippen LogP contribution in [0.5, 0.6) is 0 Å². The van der Waals surface area contributed by atoms with Gasteiger partial charge in [-0.1, -0.05) is 57.8 Å². The van der Waals surface area contributed by atoms with E-state index < -0.39 is 0 Å². The van der Waals surface area contributed by atoms with Crippen LogP contribution in [0, 0.1) is 0 Å². The van der Waals surface area contributed by atoms with Crippen LogP contribution in [0.1, 0.15) is 90.4 Å². The second-order valence-electron chi connectivity index (χ2n) is 7.28. The lowest BCUT2D eigenvalue weighted by Gasteiger charge is -2.42. The Morgan fingerprint density at radius 2 is 1.25 bits per heavy atom. The third-order valence-electron chi connectivity index (χ3n) is 5.51. The zero-order chi connectivity index (χ0) is 14.2. The molecule has 0 bridgehead atoms. The topological polar surface area (TPSA) is 29.3 Å². The summed E-state index contributed by atoms with van der Waals surface area (Å²) >= 11 is 0. The monoisotopic (exact) mass is 280 g/mol. The third-order valence-corrected chi connectivity index (χ3v) is 5.51. The molecule has 0 aromatic rings. The molecule has 2 heteroatoms. The Kier molecular flexibility index (Phi) is 7.37. The molecule has 2 N–H and O–H groups in total. The third kappa shape index (κ3) is 5.37. The van der Waals surface area contributed by atoms with E-state index in [2.05, 4.69) is 11.8 Å². The molecule has 2 aliphatic rings. The number of rotatable bonds is 1. The fourth-order valence-corrected chi connectivity index (χ4v) is 4.24. The lowest BCUT2D eigenvalue weighted by molar-refractivity contribution is 0.0822. The molecule has 118 valence electrons. The number of nitrogens with two attached hydrogens (primary N) is 1. The van der Waals surface area contributed by atoms with Crippen LogP contribution in [0.25, 0.3) is 0 Å². The summed E-state index contributed by atoms with van der Waals surface area (Å²) in [6, 6.07) is 2.00. The van der Waals surface area contributed by atoms with Crippen molar-refractivity contribution < 1.29 is 0 Å². The van der Waals surface area contributed by atoms with Gasteiger partial charge in [-0.15, -0.1) is 0 Å². The highest BCUT2D eigenvalue weighted by Crippen LogP contribution is 2.26. The van der Waals surface area contributed by atoms with Crippen molar-refractivity contribution in [1.82, 2.24) is 4.90 Å². The van der Waals surface area contributed by atoms with Crippen molar-refractivity contribution in [2.75, 3.05) is 6.54 Å². The van der Waals surface area contributed by atoms with Crippen molar-refractivity contribution in [2.45, 2.75) is 109 Å². The Balaban J connectivity index is 1.84. The minimum atomic E-state index is 0.451. The number of hydrogen-bond acceptors (Lipinski definition) is 2. The van der Waals surface area contributed by atoms with Gasteiger partial charge in [0.05, 0.1) is 0 Å². The molecule has 2 nitrogen and oxygen atoms in total. The fourth-order valence-electron chi connectivity index (χ4n) is 4.24. The Hall–Kier alpha value is -0.0800. The smallest absolute Gasteiger partial charge is 0.00980 e. The molecule has 0 amide bonds. The zero-order valence-corrected chi connectivity index (χ0v) is 13.7. The predicted octanol–water partition coefficient (Wildman–Crippen LogP) is 4.47. The zero-order valence-electron chi connectivity index (χ0n) is 13.7. The minimum Gasteiger partial charge on any atom is -0.328 e. The molecule has 2 unspecified atom stereocenters. The second kappa shape index (κ2) is 9.04. The van der Waals surface area contributed by atoms with Crippen molar-refractivity contribution in [3.63, 3.8) is 0 Å². The largest absolute Gasteiger partial charge is 0.328 e. The molecule has 1 aliphatic heterocycles. The van der Waals surface area contributed by atoms with E-state index >= 15 is 0 Å². The van der Waals surface area contributed by atoms with E-state index in [1.807, 2.05) is 0 Å². The average Bonchev–Trinajstić information content (AvgIpc) is 2.40. The van der Waals surface area contributed by atoms with E-state index in [-0.39, 0.29) is 0 Å². The molecule has 2 fully saturated rings. The number of piperidine rings is 1. The number of likely N-dealkylation sites (tertiary alicyclic amines) is 1. The van der Waals surface area contributed by atoms with Gasteiger partial charge in [0.1, 0.15) is 0 Å². The summed E-state index contributed by atoms with van der Waals surface area (Å²) in [5.74, 6) is 0. The van der Waals surface area contributed by atoms with Crippen LogP contribution in [0.2, 0.25) is 0 Å². The lowest BCUT2D eigenvalue weighted by atomic mass is 9.92.